The van der Waals surface area contributed by atoms with Crippen LogP contribution in [-0.2, 0) is 6.54 Å². The molecule has 0 aliphatic carbocycles. The van der Waals surface area contributed by atoms with Crippen molar-refractivity contribution in [2.45, 2.75) is 26.4 Å². The van der Waals surface area contributed by atoms with E-state index in [-0.39, 0.29) is 0 Å². The van der Waals surface area contributed by atoms with Crippen molar-refractivity contribution in [1.29, 1.82) is 0 Å². The van der Waals surface area contributed by atoms with E-state index in [1.54, 1.807) is 0 Å². The molecular formula is C17H18Cl2N2. The fraction of sp³-hybridized carbons (Fsp3) is 0.294. The van der Waals surface area contributed by atoms with Crippen molar-refractivity contribution in [1.82, 2.24) is 9.80 Å². The zero-order chi connectivity index (χ0) is 15.0. The lowest BCUT2D eigenvalue weighted by molar-refractivity contribution is 0.220. The van der Waals surface area contributed by atoms with Gasteiger partial charge in [-0.05, 0) is 36.2 Å². The summed E-state index contributed by atoms with van der Waals surface area (Å²) in [6.45, 7) is 5.74. The van der Waals surface area contributed by atoms with Crippen LogP contribution >= 0.6 is 23.2 Å². The van der Waals surface area contributed by atoms with Crippen LogP contribution < -0.4 is 0 Å². The van der Waals surface area contributed by atoms with Crippen LogP contribution in [0.1, 0.15) is 19.4 Å². The molecule has 3 rings (SSSR count). The molecule has 0 radical (unpaired) electrons. The largest absolute Gasteiger partial charge is 0.340 e. The second kappa shape index (κ2) is 5.78. The average Bonchev–Trinajstić information content (AvgIpc) is 2.76. The summed E-state index contributed by atoms with van der Waals surface area (Å²) in [4.78, 5) is 4.21. The Labute approximate surface area is 135 Å². The summed E-state index contributed by atoms with van der Waals surface area (Å²) in [5, 5.41) is 3.79. The highest BCUT2D eigenvalue weighted by atomic mass is 35.5. The van der Waals surface area contributed by atoms with E-state index in [2.05, 4.69) is 66.1 Å². The summed E-state index contributed by atoms with van der Waals surface area (Å²) in [7, 11) is 0. The van der Waals surface area contributed by atoms with E-state index in [1.165, 1.54) is 16.3 Å². The van der Waals surface area contributed by atoms with E-state index in [9.17, 15) is 0 Å². The first-order valence-electron chi connectivity index (χ1n) is 7.11. The van der Waals surface area contributed by atoms with Crippen molar-refractivity contribution < 1.29 is 0 Å². The third-order valence-electron chi connectivity index (χ3n) is 3.83. The lowest BCUT2D eigenvalue weighted by Gasteiger charge is -2.25. The summed E-state index contributed by atoms with van der Waals surface area (Å²) in [6, 6.07) is 15.2. The summed E-state index contributed by atoms with van der Waals surface area (Å²) in [5.41, 5.74) is 1.24. The molecule has 0 spiro atoms. The van der Waals surface area contributed by atoms with Crippen LogP contribution in [0.2, 0.25) is 0 Å². The molecule has 2 aromatic rings. The summed E-state index contributed by atoms with van der Waals surface area (Å²) in [6.07, 6.45) is 0. The number of rotatable bonds is 3. The molecule has 1 aliphatic heterocycles. The van der Waals surface area contributed by atoms with Crippen LogP contribution in [0.15, 0.2) is 52.8 Å². The molecule has 0 N–H and O–H groups in total. The van der Waals surface area contributed by atoms with Crippen LogP contribution in [0.4, 0.5) is 0 Å². The molecule has 0 fully saturated rings. The smallest absolute Gasteiger partial charge is 0.142 e. The van der Waals surface area contributed by atoms with Crippen molar-refractivity contribution >= 4 is 34.0 Å². The Kier molecular flexibility index (Phi) is 4.01. The van der Waals surface area contributed by atoms with Gasteiger partial charge in [-0.25, -0.2) is 0 Å². The van der Waals surface area contributed by atoms with Crippen molar-refractivity contribution in [3.8, 4) is 0 Å². The molecule has 0 saturated heterocycles. The molecule has 2 nitrogen and oxygen atoms in total. The maximum absolute atomic E-state index is 6.37. The van der Waals surface area contributed by atoms with Crippen molar-refractivity contribution in [2.75, 3.05) is 6.67 Å². The standard InChI is InChI=1S/C17H18Cl2N2/c1-12(2)21-11-20(16(18)17(21)19)10-13-7-8-14-5-3-4-6-15(14)9-13/h3-9,12H,10-11H2,1-2H3. The minimum absolute atomic E-state index is 0.341. The Bertz CT molecular complexity index is 694. The molecule has 0 unspecified atom stereocenters. The highest BCUT2D eigenvalue weighted by Crippen LogP contribution is 2.32. The minimum Gasteiger partial charge on any atom is -0.340 e. The zero-order valence-electron chi connectivity index (χ0n) is 12.2. The van der Waals surface area contributed by atoms with Gasteiger partial charge in [0.2, 0.25) is 0 Å². The molecule has 2 aromatic carbocycles. The Balaban J connectivity index is 1.83. The van der Waals surface area contributed by atoms with Gasteiger partial charge in [0, 0.05) is 12.6 Å². The lowest BCUT2D eigenvalue weighted by Crippen LogP contribution is -2.31. The maximum atomic E-state index is 6.37. The van der Waals surface area contributed by atoms with Crippen LogP contribution in [-0.4, -0.2) is 22.5 Å². The van der Waals surface area contributed by atoms with Gasteiger partial charge < -0.3 is 9.80 Å². The van der Waals surface area contributed by atoms with Gasteiger partial charge in [0.1, 0.15) is 10.3 Å². The highest BCUT2D eigenvalue weighted by Gasteiger charge is 2.28. The van der Waals surface area contributed by atoms with E-state index >= 15 is 0 Å². The van der Waals surface area contributed by atoms with E-state index in [0.29, 0.717) is 16.4 Å². The zero-order valence-corrected chi connectivity index (χ0v) is 13.7. The van der Waals surface area contributed by atoms with Gasteiger partial charge in [0.05, 0.1) is 6.67 Å². The molecular weight excluding hydrogens is 303 g/mol. The van der Waals surface area contributed by atoms with Gasteiger partial charge in [0.25, 0.3) is 0 Å². The lowest BCUT2D eigenvalue weighted by atomic mass is 10.1. The number of fused-ring (bicyclic) bond motifs is 1. The van der Waals surface area contributed by atoms with E-state index in [4.69, 9.17) is 23.2 Å². The quantitative estimate of drug-likeness (QED) is 0.740. The molecule has 0 atom stereocenters. The van der Waals surface area contributed by atoms with Gasteiger partial charge in [-0.3, -0.25) is 0 Å². The number of hydrogen-bond acceptors (Lipinski definition) is 2. The molecule has 1 aliphatic rings. The molecule has 0 saturated carbocycles. The predicted octanol–water partition coefficient (Wildman–Crippen LogP) is 4.93. The number of benzene rings is 2. The first-order chi connectivity index (χ1) is 10.1. The summed E-state index contributed by atoms with van der Waals surface area (Å²) >= 11 is 12.7. The Morgan fingerprint density at radius 2 is 1.71 bits per heavy atom. The van der Waals surface area contributed by atoms with E-state index < -0.39 is 0 Å². The third kappa shape index (κ3) is 2.83. The second-order valence-electron chi connectivity index (χ2n) is 5.67. The van der Waals surface area contributed by atoms with Gasteiger partial charge in [-0.2, -0.15) is 0 Å². The van der Waals surface area contributed by atoms with Crippen molar-refractivity contribution in [3.05, 3.63) is 58.3 Å². The highest BCUT2D eigenvalue weighted by molar-refractivity contribution is 6.38. The molecule has 110 valence electrons. The van der Waals surface area contributed by atoms with Gasteiger partial charge >= 0.3 is 0 Å². The maximum Gasteiger partial charge on any atom is 0.142 e. The van der Waals surface area contributed by atoms with E-state index in [0.717, 1.165) is 13.2 Å². The predicted molar refractivity (Wildman–Crippen MR) is 90.1 cm³/mol. The normalized spacial score (nSPS) is 15.7. The number of halogens is 2. The minimum atomic E-state index is 0.341. The van der Waals surface area contributed by atoms with Crippen molar-refractivity contribution in [3.63, 3.8) is 0 Å². The van der Waals surface area contributed by atoms with Crippen LogP contribution in [0.5, 0.6) is 0 Å². The van der Waals surface area contributed by atoms with Crippen LogP contribution in [0.25, 0.3) is 10.8 Å². The van der Waals surface area contributed by atoms with Gasteiger partial charge in [0.15, 0.2) is 0 Å². The van der Waals surface area contributed by atoms with Crippen molar-refractivity contribution in [2.24, 2.45) is 0 Å². The number of nitrogens with zero attached hydrogens (tertiary/aromatic N) is 2. The SMILES string of the molecule is CC(C)N1CN(Cc2ccc3ccccc3c2)C(Cl)=C1Cl. The Morgan fingerprint density at radius 1 is 1.00 bits per heavy atom. The molecule has 1 heterocycles. The molecule has 0 bridgehead atoms. The van der Waals surface area contributed by atoms with Gasteiger partial charge in [-0.15, -0.1) is 0 Å². The Hall–Kier alpha value is -1.38. The molecule has 4 heteroatoms. The average molecular weight is 321 g/mol. The fourth-order valence-corrected chi connectivity index (χ4v) is 3.21. The van der Waals surface area contributed by atoms with Crippen LogP contribution in [0.3, 0.4) is 0 Å². The topological polar surface area (TPSA) is 6.48 Å². The van der Waals surface area contributed by atoms with Crippen LogP contribution in [0, 0.1) is 0 Å². The third-order valence-corrected chi connectivity index (χ3v) is 4.74. The van der Waals surface area contributed by atoms with E-state index in [1.807, 2.05) is 0 Å². The summed E-state index contributed by atoms with van der Waals surface area (Å²) in [5.74, 6) is 0. The first kappa shape index (κ1) is 14.6. The number of hydrogen-bond donors (Lipinski definition) is 0. The van der Waals surface area contributed by atoms with Gasteiger partial charge in [-0.1, -0.05) is 59.6 Å². The summed E-state index contributed by atoms with van der Waals surface area (Å²) < 4.78 is 0. The molecule has 0 amide bonds. The monoisotopic (exact) mass is 320 g/mol. The fourth-order valence-electron chi connectivity index (χ4n) is 2.62. The molecule has 21 heavy (non-hydrogen) atoms. The first-order valence-corrected chi connectivity index (χ1v) is 7.86. The Morgan fingerprint density at radius 3 is 2.38 bits per heavy atom. The molecule has 0 aromatic heterocycles. The second-order valence-corrected chi connectivity index (χ2v) is 6.38.